The summed E-state index contributed by atoms with van der Waals surface area (Å²) in [6.07, 6.45) is -3.99. The predicted octanol–water partition coefficient (Wildman–Crippen LogP) is 2.57. The largest absolute Gasteiger partial charge is 0.411 e. The molecule has 1 aromatic rings. The number of anilines is 2. The number of nitrogen functional groups attached to an aromatic ring is 1. The standard InChI is InChI=1S/C12H15F3N2O2/c13-12(14,15)8-19-7-1-2-11(18)17-10-5-3-9(16)4-6-10/h3-6H,1-2,7-8,16H2,(H,17,18). The molecule has 106 valence electrons. The summed E-state index contributed by atoms with van der Waals surface area (Å²) in [7, 11) is 0. The van der Waals surface area contributed by atoms with Gasteiger partial charge in [-0.1, -0.05) is 0 Å². The highest BCUT2D eigenvalue weighted by Crippen LogP contribution is 2.14. The smallest absolute Gasteiger partial charge is 0.399 e. The predicted molar refractivity (Wildman–Crippen MR) is 65.6 cm³/mol. The Morgan fingerprint density at radius 2 is 1.89 bits per heavy atom. The minimum Gasteiger partial charge on any atom is -0.399 e. The lowest BCUT2D eigenvalue weighted by Crippen LogP contribution is -2.18. The molecule has 0 spiro atoms. The molecule has 0 radical (unpaired) electrons. The van der Waals surface area contributed by atoms with E-state index < -0.39 is 12.8 Å². The molecule has 1 rings (SSSR count). The molecule has 0 unspecified atom stereocenters. The number of rotatable bonds is 6. The van der Waals surface area contributed by atoms with Crippen molar-refractivity contribution in [2.75, 3.05) is 24.3 Å². The molecule has 0 aliphatic heterocycles. The zero-order valence-electron chi connectivity index (χ0n) is 10.2. The Kier molecular flexibility index (Phi) is 5.62. The van der Waals surface area contributed by atoms with Gasteiger partial charge in [0, 0.05) is 24.4 Å². The fourth-order valence-electron chi connectivity index (χ4n) is 1.31. The first kappa shape index (κ1) is 15.3. The van der Waals surface area contributed by atoms with Crippen molar-refractivity contribution in [3.8, 4) is 0 Å². The third-order valence-corrected chi connectivity index (χ3v) is 2.15. The Hall–Kier alpha value is -1.76. The molecule has 0 heterocycles. The quantitative estimate of drug-likeness (QED) is 0.620. The van der Waals surface area contributed by atoms with E-state index in [9.17, 15) is 18.0 Å². The molecule has 0 aliphatic carbocycles. The topological polar surface area (TPSA) is 64.3 Å². The molecular formula is C12H15F3N2O2. The van der Waals surface area contributed by atoms with Crippen LogP contribution in [-0.2, 0) is 9.53 Å². The van der Waals surface area contributed by atoms with Gasteiger partial charge in [-0.2, -0.15) is 13.2 Å². The van der Waals surface area contributed by atoms with Gasteiger partial charge in [0.15, 0.2) is 0 Å². The number of hydrogen-bond acceptors (Lipinski definition) is 3. The normalized spacial score (nSPS) is 11.3. The highest BCUT2D eigenvalue weighted by molar-refractivity contribution is 5.90. The fourth-order valence-corrected chi connectivity index (χ4v) is 1.31. The van der Waals surface area contributed by atoms with E-state index in [1.165, 1.54) is 0 Å². The van der Waals surface area contributed by atoms with Crippen molar-refractivity contribution in [1.29, 1.82) is 0 Å². The lowest BCUT2D eigenvalue weighted by atomic mass is 10.2. The van der Waals surface area contributed by atoms with Crippen molar-refractivity contribution < 1.29 is 22.7 Å². The summed E-state index contributed by atoms with van der Waals surface area (Å²) in [6, 6.07) is 6.57. The van der Waals surface area contributed by atoms with Crippen LogP contribution in [0.25, 0.3) is 0 Å². The molecule has 0 saturated heterocycles. The van der Waals surface area contributed by atoms with Crippen LogP contribution < -0.4 is 11.1 Å². The molecule has 19 heavy (non-hydrogen) atoms. The van der Waals surface area contributed by atoms with Crippen LogP contribution in [0, 0.1) is 0 Å². The summed E-state index contributed by atoms with van der Waals surface area (Å²) in [5, 5.41) is 2.60. The molecule has 0 saturated carbocycles. The summed E-state index contributed by atoms with van der Waals surface area (Å²) >= 11 is 0. The number of carbonyl (C=O) groups is 1. The van der Waals surface area contributed by atoms with Gasteiger partial charge in [0.05, 0.1) is 0 Å². The van der Waals surface area contributed by atoms with Crippen molar-refractivity contribution in [3.63, 3.8) is 0 Å². The SMILES string of the molecule is Nc1ccc(NC(=O)CCCOCC(F)(F)F)cc1. The number of hydrogen-bond donors (Lipinski definition) is 2. The number of benzene rings is 1. The third kappa shape index (κ3) is 7.30. The summed E-state index contributed by atoms with van der Waals surface area (Å²) in [4.78, 5) is 11.4. The molecule has 0 atom stereocenters. The summed E-state index contributed by atoms with van der Waals surface area (Å²) < 4.78 is 39.6. The molecule has 0 aliphatic rings. The van der Waals surface area contributed by atoms with Gasteiger partial charge < -0.3 is 15.8 Å². The van der Waals surface area contributed by atoms with E-state index in [0.29, 0.717) is 11.4 Å². The minimum absolute atomic E-state index is 0.0994. The Balaban J connectivity index is 2.16. The number of alkyl halides is 3. The second-order valence-corrected chi connectivity index (χ2v) is 3.94. The molecule has 1 amide bonds. The lowest BCUT2D eigenvalue weighted by Gasteiger charge is -2.08. The molecular weight excluding hydrogens is 261 g/mol. The first-order chi connectivity index (χ1) is 8.87. The molecule has 0 aromatic heterocycles. The molecule has 7 heteroatoms. The van der Waals surface area contributed by atoms with Gasteiger partial charge in [0.25, 0.3) is 0 Å². The second-order valence-electron chi connectivity index (χ2n) is 3.94. The number of ether oxygens (including phenoxy) is 1. The Morgan fingerprint density at radius 1 is 1.26 bits per heavy atom. The van der Waals surface area contributed by atoms with Gasteiger partial charge in [0.2, 0.25) is 5.91 Å². The van der Waals surface area contributed by atoms with Crippen LogP contribution in [0.3, 0.4) is 0 Å². The fraction of sp³-hybridized carbons (Fsp3) is 0.417. The van der Waals surface area contributed by atoms with E-state index in [1.807, 2.05) is 0 Å². The van der Waals surface area contributed by atoms with E-state index in [2.05, 4.69) is 10.1 Å². The van der Waals surface area contributed by atoms with Gasteiger partial charge >= 0.3 is 6.18 Å². The summed E-state index contributed by atoms with van der Waals surface area (Å²) in [6.45, 7) is -1.39. The highest BCUT2D eigenvalue weighted by atomic mass is 19.4. The van der Waals surface area contributed by atoms with Crippen molar-refractivity contribution in [3.05, 3.63) is 24.3 Å². The van der Waals surface area contributed by atoms with E-state index >= 15 is 0 Å². The van der Waals surface area contributed by atoms with Crippen LogP contribution in [0.2, 0.25) is 0 Å². The maximum absolute atomic E-state index is 11.7. The maximum Gasteiger partial charge on any atom is 0.411 e. The van der Waals surface area contributed by atoms with Crippen LogP contribution in [0.4, 0.5) is 24.5 Å². The first-order valence-corrected chi connectivity index (χ1v) is 5.67. The van der Waals surface area contributed by atoms with Crippen LogP contribution >= 0.6 is 0 Å². The summed E-state index contributed by atoms with van der Waals surface area (Å²) in [5.74, 6) is -0.277. The van der Waals surface area contributed by atoms with Gasteiger partial charge in [-0.05, 0) is 30.7 Å². The molecule has 3 N–H and O–H groups in total. The third-order valence-electron chi connectivity index (χ3n) is 2.15. The van der Waals surface area contributed by atoms with Crippen LogP contribution in [0.1, 0.15) is 12.8 Å². The van der Waals surface area contributed by atoms with Crippen molar-refractivity contribution >= 4 is 17.3 Å². The highest BCUT2D eigenvalue weighted by Gasteiger charge is 2.27. The molecule has 1 aromatic carbocycles. The van der Waals surface area contributed by atoms with Crippen molar-refractivity contribution in [2.24, 2.45) is 0 Å². The van der Waals surface area contributed by atoms with E-state index in [-0.39, 0.29) is 25.4 Å². The van der Waals surface area contributed by atoms with Crippen molar-refractivity contribution in [2.45, 2.75) is 19.0 Å². The summed E-state index contributed by atoms with van der Waals surface area (Å²) in [5.41, 5.74) is 6.66. The van der Waals surface area contributed by atoms with Gasteiger partial charge in [0.1, 0.15) is 6.61 Å². The monoisotopic (exact) mass is 276 g/mol. The van der Waals surface area contributed by atoms with Crippen LogP contribution in [0.5, 0.6) is 0 Å². The zero-order valence-corrected chi connectivity index (χ0v) is 10.2. The molecule has 0 bridgehead atoms. The maximum atomic E-state index is 11.7. The Morgan fingerprint density at radius 3 is 2.47 bits per heavy atom. The Bertz CT molecular complexity index is 404. The van der Waals surface area contributed by atoms with Crippen LogP contribution in [0.15, 0.2) is 24.3 Å². The molecule has 4 nitrogen and oxygen atoms in total. The average molecular weight is 276 g/mol. The zero-order chi connectivity index (χ0) is 14.3. The van der Waals surface area contributed by atoms with Gasteiger partial charge in [-0.15, -0.1) is 0 Å². The number of halogens is 3. The number of amides is 1. The number of carbonyl (C=O) groups excluding carboxylic acids is 1. The number of nitrogens with two attached hydrogens (primary N) is 1. The number of nitrogens with one attached hydrogen (secondary N) is 1. The lowest BCUT2D eigenvalue weighted by molar-refractivity contribution is -0.174. The Labute approximate surface area is 108 Å². The second kappa shape index (κ2) is 6.98. The van der Waals surface area contributed by atoms with Crippen LogP contribution in [-0.4, -0.2) is 25.3 Å². The average Bonchev–Trinajstić information content (AvgIpc) is 2.30. The first-order valence-electron chi connectivity index (χ1n) is 5.67. The van der Waals surface area contributed by atoms with E-state index in [1.54, 1.807) is 24.3 Å². The van der Waals surface area contributed by atoms with Crippen molar-refractivity contribution in [1.82, 2.24) is 0 Å². The van der Waals surface area contributed by atoms with E-state index in [4.69, 9.17) is 5.73 Å². The van der Waals surface area contributed by atoms with E-state index in [0.717, 1.165) is 0 Å². The molecule has 0 fully saturated rings. The van der Waals surface area contributed by atoms with Gasteiger partial charge in [-0.3, -0.25) is 4.79 Å². The minimum atomic E-state index is -4.33. The van der Waals surface area contributed by atoms with Gasteiger partial charge in [-0.25, -0.2) is 0 Å².